The van der Waals surface area contributed by atoms with Crippen LogP contribution in [0.15, 0.2) is 0 Å². The number of hydrogen-bond donors (Lipinski definition) is 0. The molecule has 0 aromatic rings. The van der Waals surface area contributed by atoms with E-state index in [1.807, 2.05) is 0 Å². The van der Waals surface area contributed by atoms with Gasteiger partial charge in [0.15, 0.2) is 0 Å². The predicted octanol–water partition coefficient (Wildman–Crippen LogP) is 2.20. The maximum absolute atomic E-state index is 11.9. The minimum atomic E-state index is -2.83. The van der Waals surface area contributed by atoms with Gasteiger partial charge in [-0.1, -0.05) is 6.92 Å². The fraction of sp³-hybridized carbons (Fsp3) is 1.00. The highest BCUT2D eigenvalue weighted by Gasteiger charge is 2.53. The second-order valence-electron chi connectivity index (χ2n) is 4.55. The van der Waals surface area contributed by atoms with Crippen LogP contribution in [0.1, 0.15) is 19.8 Å². The fourth-order valence-electron chi connectivity index (χ4n) is 2.25. The van der Waals surface area contributed by atoms with Crippen LogP contribution in [0.5, 0.6) is 0 Å². The zero-order chi connectivity index (χ0) is 11.7. The molecule has 0 heterocycles. The van der Waals surface area contributed by atoms with E-state index in [0.29, 0.717) is 12.1 Å². The Labute approximate surface area is 92.5 Å². The summed E-state index contributed by atoms with van der Waals surface area (Å²) in [4.78, 5) is 2.23. The summed E-state index contributed by atoms with van der Waals surface area (Å²) in [5.74, 6) is 0.676. The predicted molar refractivity (Wildman–Crippen MR) is 61.3 cm³/mol. The van der Waals surface area contributed by atoms with Gasteiger partial charge in [-0.3, -0.25) is 4.57 Å². The van der Waals surface area contributed by atoms with Crippen LogP contribution in [0.25, 0.3) is 0 Å². The van der Waals surface area contributed by atoms with Crippen molar-refractivity contribution < 1.29 is 13.6 Å². The highest BCUT2D eigenvalue weighted by atomic mass is 31.2. The summed E-state index contributed by atoms with van der Waals surface area (Å²) in [6.07, 6.45) is 2.55. The van der Waals surface area contributed by atoms with Crippen molar-refractivity contribution in [1.82, 2.24) is 4.90 Å². The summed E-state index contributed by atoms with van der Waals surface area (Å²) in [5.41, 5.74) is 0.215. The van der Waals surface area contributed by atoms with Crippen LogP contribution in [-0.4, -0.2) is 44.9 Å². The molecule has 0 unspecified atom stereocenters. The molecule has 0 bridgehead atoms. The van der Waals surface area contributed by atoms with Gasteiger partial charge in [0.25, 0.3) is 0 Å². The van der Waals surface area contributed by atoms with E-state index >= 15 is 0 Å². The van der Waals surface area contributed by atoms with Crippen LogP contribution in [-0.2, 0) is 13.6 Å². The van der Waals surface area contributed by atoms with Gasteiger partial charge in [-0.05, 0) is 32.9 Å². The van der Waals surface area contributed by atoms with Crippen molar-refractivity contribution in [3.8, 4) is 0 Å². The van der Waals surface area contributed by atoms with Crippen LogP contribution in [0.3, 0.4) is 0 Å². The van der Waals surface area contributed by atoms with Crippen LogP contribution in [0, 0.1) is 5.92 Å². The molecule has 5 heteroatoms. The first-order chi connectivity index (χ1) is 6.90. The average Bonchev–Trinajstić information content (AvgIpc) is 2.88. The summed E-state index contributed by atoms with van der Waals surface area (Å²) in [6.45, 7) is 2.23. The SMILES string of the molecule is COP(=O)(CC[C@@]1(N(C)C)C[C@@H]1C)OC. The smallest absolute Gasteiger partial charge is 0.312 e. The second kappa shape index (κ2) is 4.54. The molecule has 1 fully saturated rings. The van der Waals surface area contributed by atoms with Crippen molar-refractivity contribution >= 4 is 7.60 Å². The lowest BCUT2D eigenvalue weighted by Gasteiger charge is -2.26. The largest absolute Gasteiger partial charge is 0.330 e. The lowest BCUT2D eigenvalue weighted by molar-refractivity contribution is 0.233. The standard InChI is InChI=1S/C10H22NO3P/c1-9-8-10(9,11(2)3)6-7-15(12,13-4)14-5/h9H,6-8H2,1-5H3/t9-,10+/m0/s1. The summed E-state index contributed by atoms with van der Waals surface area (Å²) in [6, 6.07) is 0. The quantitative estimate of drug-likeness (QED) is 0.662. The van der Waals surface area contributed by atoms with E-state index in [1.54, 1.807) is 0 Å². The molecule has 0 spiro atoms. The van der Waals surface area contributed by atoms with Crippen molar-refractivity contribution in [3.05, 3.63) is 0 Å². The van der Waals surface area contributed by atoms with Gasteiger partial charge in [-0.15, -0.1) is 0 Å². The number of rotatable bonds is 6. The molecule has 90 valence electrons. The van der Waals surface area contributed by atoms with Crippen molar-refractivity contribution in [2.75, 3.05) is 34.5 Å². The molecule has 2 atom stereocenters. The minimum Gasteiger partial charge on any atom is -0.312 e. The van der Waals surface area contributed by atoms with E-state index in [1.165, 1.54) is 20.6 Å². The third-order valence-corrected chi connectivity index (χ3v) is 5.57. The Morgan fingerprint density at radius 1 is 1.40 bits per heavy atom. The van der Waals surface area contributed by atoms with Gasteiger partial charge in [0.2, 0.25) is 0 Å². The molecular weight excluding hydrogens is 213 g/mol. The Hall–Kier alpha value is 0.110. The molecule has 0 radical (unpaired) electrons. The summed E-state index contributed by atoms with van der Waals surface area (Å²) in [5, 5.41) is 0. The minimum absolute atomic E-state index is 0.215. The molecule has 0 aromatic heterocycles. The van der Waals surface area contributed by atoms with E-state index < -0.39 is 7.60 Å². The molecule has 15 heavy (non-hydrogen) atoms. The highest BCUT2D eigenvalue weighted by Crippen LogP contribution is 2.55. The summed E-state index contributed by atoms with van der Waals surface area (Å²) >= 11 is 0. The summed E-state index contributed by atoms with van der Waals surface area (Å²) < 4.78 is 21.8. The number of nitrogens with zero attached hydrogens (tertiary/aromatic N) is 1. The zero-order valence-electron chi connectivity index (χ0n) is 10.3. The molecule has 0 N–H and O–H groups in total. The van der Waals surface area contributed by atoms with Gasteiger partial charge in [-0.2, -0.15) is 0 Å². The van der Waals surface area contributed by atoms with Crippen molar-refractivity contribution in [3.63, 3.8) is 0 Å². The Balaban J connectivity index is 2.53. The van der Waals surface area contributed by atoms with Gasteiger partial charge < -0.3 is 13.9 Å². The first kappa shape index (κ1) is 13.2. The molecule has 1 aliphatic rings. The fourth-order valence-corrected chi connectivity index (χ4v) is 3.43. The van der Waals surface area contributed by atoms with Gasteiger partial charge >= 0.3 is 7.60 Å². The molecule has 0 saturated heterocycles. The van der Waals surface area contributed by atoms with Gasteiger partial charge in [0.05, 0.1) is 6.16 Å². The second-order valence-corrected chi connectivity index (χ2v) is 6.95. The van der Waals surface area contributed by atoms with Crippen LogP contribution >= 0.6 is 7.60 Å². The van der Waals surface area contributed by atoms with Crippen LogP contribution in [0.4, 0.5) is 0 Å². The van der Waals surface area contributed by atoms with E-state index in [-0.39, 0.29) is 5.54 Å². The molecule has 1 aliphatic carbocycles. The summed E-state index contributed by atoms with van der Waals surface area (Å²) in [7, 11) is 4.22. The Morgan fingerprint density at radius 2 is 1.87 bits per heavy atom. The number of hydrogen-bond acceptors (Lipinski definition) is 4. The first-order valence-electron chi connectivity index (χ1n) is 5.28. The van der Waals surface area contributed by atoms with Crippen molar-refractivity contribution in [2.45, 2.75) is 25.3 Å². The molecule has 0 aliphatic heterocycles. The topological polar surface area (TPSA) is 38.8 Å². The monoisotopic (exact) mass is 235 g/mol. The maximum atomic E-state index is 11.9. The molecule has 0 aromatic carbocycles. The average molecular weight is 235 g/mol. The third-order valence-electron chi connectivity index (χ3n) is 3.68. The van der Waals surface area contributed by atoms with E-state index in [4.69, 9.17) is 9.05 Å². The molecule has 4 nitrogen and oxygen atoms in total. The third kappa shape index (κ3) is 2.62. The van der Waals surface area contributed by atoms with E-state index in [0.717, 1.165) is 6.42 Å². The lowest BCUT2D eigenvalue weighted by Crippen LogP contribution is -2.33. The van der Waals surface area contributed by atoms with Crippen molar-refractivity contribution in [1.29, 1.82) is 0 Å². The Bertz CT molecular complexity index is 261. The molecular formula is C10H22NO3P. The molecule has 0 amide bonds. The Morgan fingerprint density at radius 3 is 2.13 bits per heavy atom. The zero-order valence-corrected chi connectivity index (χ0v) is 11.2. The first-order valence-corrected chi connectivity index (χ1v) is 7.01. The Kier molecular flexibility index (Phi) is 3.99. The lowest BCUT2D eigenvalue weighted by atomic mass is 10.1. The van der Waals surface area contributed by atoms with E-state index in [2.05, 4.69) is 25.9 Å². The van der Waals surface area contributed by atoms with Gasteiger partial charge in [0, 0.05) is 19.8 Å². The van der Waals surface area contributed by atoms with Gasteiger partial charge in [-0.25, -0.2) is 0 Å². The van der Waals surface area contributed by atoms with Crippen LogP contribution in [0.2, 0.25) is 0 Å². The van der Waals surface area contributed by atoms with Crippen molar-refractivity contribution in [2.24, 2.45) is 5.92 Å². The van der Waals surface area contributed by atoms with E-state index in [9.17, 15) is 4.57 Å². The van der Waals surface area contributed by atoms with Gasteiger partial charge in [0.1, 0.15) is 0 Å². The molecule has 1 rings (SSSR count). The highest BCUT2D eigenvalue weighted by molar-refractivity contribution is 7.53. The van der Waals surface area contributed by atoms with Crippen LogP contribution < -0.4 is 0 Å². The molecule has 1 saturated carbocycles. The normalized spacial score (nSPS) is 30.9. The maximum Gasteiger partial charge on any atom is 0.330 e.